The fourth-order valence-electron chi connectivity index (χ4n) is 4.60. The summed E-state index contributed by atoms with van der Waals surface area (Å²) in [6.45, 7) is 0.468. The summed E-state index contributed by atoms with van der Waals surface area (Å²) in [6.07, 6.45) is 5.64. The van der Waals surface area contributed by atoms with E-state index in [9.17, 15) is 14.4 Å². The van der Waals surface area contributed by atoms with Crippen molar-refractivity contribution in [2.24, 2.45) is 5.92 Å². The lowest BCUT2D eigenvalue weighted by Crippen LogP contribution is -2.51. The Bertz CT molecular complexity index is 763. The average molecular weight is 386 g/mol. The Morgan fingerprint density at radius 1 is 1.14 bits per heavy atom. The SMILES string of the molecule is O=C(C[C@H]1Oc2ccccc2NC1=O)OCC(=O)N1CCC[C@H]2CCCC[C@@H]21. The molecule has 1 aromatic rings. The Balaban J connectivity index is 1.28. The Labute approximate surface area is 164 Å². The summed E-state index contributed by atoms with van der Waals surface area (Å²) >= 11 is 0. The zero-order chi connectivity index (χ0) is 19.5. The third kappa shape index (κ3) is 3.98. The van der Waals surface area contributed by atoms with E-state index in [0.717, 1.165) is 25.8 Å². The molecule has 0 bridgehead atoms. The van der Waals surface area contributed by atoms with E-state index >= 15 is 0 Å². The smallest absolute Gasteiger partial charge is 0.310 e. The molecule has 1 saturated heterocycles. The number of carbonyl (C=O) groups excluding carboxylic acids is 3. The quantitative estimate of drug-likeness (QED) is 0.804. The Morgan fingerprint density at radius 3 is 2.82 bits per heavy atom. The second kappa shape index (κ2) is 8.20. The van der Waals surface area contributed by atoms with Gasteiger partial charge in [-0.1, -0.05) is 25.0 Å². The van der Waals surface area contributed by atoms with Gasteiger partial charge in [-0.3, -0.25) is 14.4 Å². The van der Waals surface area contributed by atoms with Gasteiger partial charge in [-0.15, -0.1) is 0 Å². The van der Waals surface area contributed by atoms with Gasteiger partial charge >= 0.3 is 5.97 Å². The van der Waals surface area contributed by atoms with Gasteiger partial charge in [-0.05, 0) is 43.7 Å². The van der Waals surface area contributed by atoms with Crippen LogP contribution in [-0.2, 0) is 19.1 Å². The second-order valence-electron chi connectivity index (χ2n) is 7.80. The Morgan fingerprint density at radius 2 is 1.93 bits per heavy atom. The number of anilines is 1. The lowest BCUT2D eigenvalue weighted by molar-refractivity contribution is -0.156. The number of piperidine rings is 1. The summed E-state index contributed by atoms with van der Waals surface area (Å²) in [5.74, 6) is -0.0216. The molecule has 150 valence electrons. The highest BCUT2D eigenvalue weighted by Gasteiger charge is 2.36. The largest absolute Gasteiger partial charge is 0.478 e. The van der Waals surface area contributed by atoms with E-state index in [2.05, 4.69) is 5.32 Å². The van der Waals surface area contributed by atoms with Crippen LogP contribution in [0.5, 0.6) is 5.75 Å². The minimum absolute atomic E-state index is 0.135. The topological polar surface area (TPSA) is 84.9 Å². The van der Waals surface area contributed by atoms with Crippen molar-refractivity contribution < 1.29 is 23.9 Å². The highest BCUT2D eigenvalue weighted by Crippen LogP contribution is 2.35. The Hall–Kier alpha value is -2.57. The number of carbonyl (C=O) groups is 3. The third-order valence-corrected chi connectivity index (χ3v) is 5.98. The third-order valence-electron chi connectivity index (χ3n) is 5.98. The Kier molecular flexibility index (Phi) is 5.50. The van der Waals surface area contributed by atoms with Crippen LogP contribution in [0.25, 0.3) is 0 Å². The molecule has 1 N–H and O–H groups in total. The van der Waals surface area contributed by atoms with Crippen molar-refractivity contribution in [2.45, 2.75) is 57.1 Å². The van der Waals surface area contributed by atoms with Crippen molar-refractivity contribution in [3.05, 3.63) is 24.3 Å². The minimum atomic E-state index is -0.949. The van der Waals surface area contributed by atoms with Crippen LogP contribution in [0, 0.1) is 5.92 Å². The molecule has 0 spiro atoms. The predicted octanol–water partition coefficient (Wildman–Crippen LogP) is 2.50. The lowest BCUT2D eigenvalue weighted by Gasteiger charge is -2.44. The number of likely N-dealkylation sites (tertiary alicyclic amines) is 1. The molecule has 1 saturated carbocycles. The molecular weight excluding hydrogens is 360 g/mol. The van der Waals surface area contributed by atoms with Crippen LogP contribution in [-0.4, -0.2) is 48.0 Å². The molecule has 3 atom stereocenters. The zero-order valence-electron chi connectivity index (χ0n) is 15.9. The standard InChI is InChI=1S/C21H26N2O5/c24-19(23-11-5-7-14-6-1-3-9-16(14)23)13-27-20(25)12-18-21(26)22-15-8-2-4-10-17(15)28-18/h2,4,8,10,14,16,18H,1,3,5-7,9,11-13H2,(H,22,26)/t14-,16+,18-/m1/s1. The van der Waals surface area contributed by atoms with Crippen molar-refractivity contribution >= 4 is 23.5 Å². The van der Waals surface area contributed by atoms with E-state index in [0.29, 0.717) is 17.4 Å². The van der Waals surface area contributed by atoms with Gasteiger partial charge in [0.2, 0.25) is 0 Å². The molecule has 0 radical (unpaired) electrons. The maximum Gasteiger partial charge on any atom is 0.310 e. The van der Waals surface area contributed by atoms with Crippen LogP contribution in [0.15, 0.2) is 24.3 Å². The molecule has 2 heterocycles. The van der Waals surface area contributed by atoms with Crippen LogP contribution in [0.3, 0.4) is 0 Å². The van der Waals surface area contributed by atoms with Crippen LogP contribution in [0.4, 0.5) is 5.69 Å². The van der Waals surface area contributed by atoms with E-state index in [1.54, 1.807) is 24.3 Å². The first-order chi connectivity index (χ1) is 13.6. The first-order valence-electron chi connectivity index (χ1n) is 10.1. The van der Waals surface area contributed by atoms with Gasteiger partial charge in [0.15, 0.2) is 12.7 Å². The number of esters is 1. The van der Waals surface area contributed by atoms with Crippen LogP contribution >= 0.6 is 0 Å². The number of ether oxygens (including phenoxy) is 2. The molecule has 7 nitrogen and oxygen atoms in total. The number of para-hydroxylation sites is 2. The van der Waals surface area contributed by atoms with Crippen molar-refractivity contribution in [1.82, 2.24) is 4.90 Å². The number of hydrogen-bond donors (Lipinski definition) is 1. The van der Waals surface area contributed by atoms with Gasteiger partial charge in [0.25, 0.3) is 11.8 Å². The van der Waals surface area contributed by atoms with Crippen LogP contribution in [0.2, 0.25) is 0 Å². The number of nitrogens with one attached hydrogen (secondary N) is 1. The number of benzene rings is 1. The molecule has 4 rings (SSSR count). The normalized spacial score (nSPS) is 26.4. The van der Waals surface area contributed by atoms with Gasteiger partial charge < -0.3 is 19.7 Å². The maximum atomic E-state index is 12.6. The maximum absolute atomic E-state index is 12.6. The highest BCUT2D eigenvalue weighted by molar-refractivity contribution is 5.99. The summed E-state index contributed by atoms with van der Waals surface area (Å²) in [5.41, 5.74) is 0.583. The van der Waals surface area contributed by atoms with Crippen LogP contribution < -0.4 is 10.1 Å². The molecule has 0 unspecified atom stereocenters. The number of rotatable bonds is 4. The molecule has 2 aliphatic heterocycles. The van der Waals surface area contributed by atoms with Gasteiger partial charge in [0.1, 0.15) is 5.75 Å². The molecule has 1 aromatic carbocycles. The molecule has 7 heteroatoms. The van der Waals surface area contributed by atoms with Gasteiger partial charge in [0.05, 0.1) is 12.1 Å². The molecule has 3 aliphatic rings. The fraction of sp³-hybridized carbons (Fsp3) is 0.571. The van der Waals surface area contributed by atoms with Crippen molar-refractivity contribution in [3.63, 3.8) is 0 Å². The van der Waals surface area contributed by atoms with Gasteiger partial charge in [-0.25, -0.2) is 0 Å². The minimum Gasteiger partial charge on any atom is -0.478 e. The van der Waals surface area contributed by atoms with Crippen molar-refractivity contribution in [1.29, 1.82) is 0 Å². The molecular formula is C21H26N2O5. The first-order valence-corrected chi connectivity index (χ1v) is 10.1. The summed E-state index contributed by atoms with van der Waals surface area (Å²) in [7, 11) is 0. The number of fused-ring (bicyclic) bond motifs is 2. The highest BCUT2D eigenvalue weighted by atomic mass is 16.5. The summed E-state index contributed by atoms with van der Waals surface area (Å²) in [5, 5.41) is 2.72. The van der Waals surface area contributed by atoms with E-state index < -0.39 is 12.1 Å². The van der Waals surface area contributed by atoms with Gasteiger partial charge in [0, 0.05) is 12.6 Å². The summed E-state index contributed by atoms with van der Waals surface area (Å²) in [6, 6.07) is 7.34. The number of hydrogen-bond acceptors (Lipinski definition) is 5. The fourth-order valence-corrected chi connectivity index (χ4v) is 4.60. The summed E-state index contributed by atoms with van der Waals surface area (Å²) < 4.78 is 10.8. The molecule has 2 amide bonds. The lowest BCUT2D eigenvalue weighted by atomic mass is 9.78. The van der Waals surface area contributed by atoms with Crippen LogP contribution in [0.1, 0.15) is 44.9 Å². The predicted molar refractivity (Wildman–Crippen MR) is 102 cm³/mol. The monoisotopic (exact) mass is 386 g/mol. The summed E-state index contributed by atoms with van der Waals surface area (Å²) in [4.78, 5) is 38.8. The number of amides is 2. The average Bonchev–Trinajstić information content (AvgIpc) is 2.72. The van der Waals surface area contributed by atoms with E-state index in [1.165, 1.54) is 19.3 Å². The molecule has 28 heavy (non-hydrogen) atoms. The van der Waals surface area contributed by atoms with Crippen molar-refractivity contribution in [3.8, 4) is 5.75 Å². The first kappa shape index (κ1) is 18.8. The molecule has 0 aromatic heterocycles. The second-order valence-corrected chi connectivity index (χ2v) is 7.80. The number of nitrogens with zero attached hydrogens (tertiary/aromatic N) is 1. The zero-order valence-corrected chi connectivity index (χ0v) is 15.9. The molecule has 1 aliphatic carbocycles. The van der Waals surface area contributed by atoms with E-state index in [4.69, 9.17) is 9.47 Å². The molecule has 2 fully saturated rings. The van der Waals surface area contributed by atoms with E-state index in [-0.39, 0.29) is 30.9 Å². The van der Waals surface area contributed by atoms with E-state index in [1.807, 2.05) is 4.90 Å². The van der Waals surface area contributed by atoms with Crippen molar-refractivity contribution in [2.75, 3.05) is 18.5 Å². The van der Waals surface area contributed by atoms with Gasteiger partial charge in [-0.2, -0.15) is 0 Å².